The topological polar surface area (TPSA) is 116 Å². The molecule has 3 heterocycles. The molecule has 10 nitrogen and oxygen atoms in total. The molecular formula is C34H36N8O2. The zero-order chi connectivity index (χ0) is 30.6. The standard InChI is InChI=1S/C34H36N8O2/c1-4-10-29-35-32-30(33(43)42(21-23(2)3)34(44)40(32)20-19-24-11-6-5-7-12-24)41(29)22-25-15-17-26(18-16-25)27-13-8-9-14-28(27)31-36-38-39-37-31/h5-9,11-18,23H,4,10,19-22H2,1-3H3,(H,36,37,38,39). The van der Waals surface area contributed by atoms with E-state index in [9.17, 15) is 9.59 Å². The van der Waals surface area contributed by atoms with E-state index in [1.165, 1.54) is 4.57 Å². The van der Waals surface area contributed by atoms with Gasteiger partial charge < -0.3 is 4.57 Å². The second-order valence-electron chi connectivity index (χ2n) is 11.5. The second-order valence-corrected chi connectivity index (χ2v) is 11.5. The van der Waals surface area contributed by atoms with Crippen LogP contribution in [0.5, 0.6) is 0 Å². The SMILES string of the molecule is CCCc1nc2c(c(=O)n(CC(C)C)c(=O)n2CCc2ccccc2)n1Cc1ccc(-c2ccccc2-c2nn[nH]n2)cc1. The van der Waals surface area contributed by atoms with Gasteiger partial charge in [0, 0.05) is 31.6 Å². The molecule has 0 aliphatic rings. The second kappa shape index (κ2) is 12.6. The number of H-pyrrole nitrogens is 1. The Bertz CT molecular complexity index is 1990. The lowest BCUT2D eigenvalue weighted by molar-refractivity contribution is 0.474. The average Bonchev–Trinajstić information content (AvgIpc) is 3.69. The number of nitrogens with one attached hydrogen (secondary N) is 1. The number of aryl methyl sites for hydroxylation is 3. The Morgan fingerprint density at radius 1 is 0.795 bits per heavy atom. The summed E-state index contributed by atoms with van der Waals surface area (Å²) >= 11 is 0. The molecule has 0 atom stereocenters. The number of aromatic nitrogens is 8. The lowest BCUT2D eigenvalue weighted by atomic mass is 9.98. The molecule has 0 bridgehead atoms. The van der Waals surface area contributed by atoms with Gasteiger partial charge in [-0.25, -0.2) is 9.78 Å². The zero-order valence-electron chi connectivity index (χ0n) is 25.3. The van der Waals surface area contributed by atoms with E-state index in [-0.39, 0.29) is 17.2 Å². The van der Waals surface area contributed by atoms with Gasteiger partial charge in [0.1, 0.15) is 5.82 Å². The summed E-state index contributed by atoms with van der Waals surface area (Å²) in [5.41, 5.74) is 5.42. The molecule has 10 heteroatoms. The molecule has 0 unspecified atom stereocenters. The van der Waals surface area contributed by atoms with Crippen molar-refractivity contribution < 1.29 is 0 Å². The Balaban J connectivity index is 1.42. The van der Waals surface area contributed by atoms with Crippen LogP contribution >= 0.6 is 0 Å². The summed E-state index contributed by atoms with van der Waals surface area (Å²) in [4.78, 5) is 32.7. The van der Waals surface area contributed by atoms with Crippen molar-refractivity contribution in [3.63, 3.8) is 0 Å². The van der Waals surface area contributed by atoms with Crippen LogP contribution in [0.3, 0.4) is 0 Å². The average molecular weight is 589 g/mol. The van der Waals surface area contributed by atoms with Crippen LogP contribution in [0.2, 0.25) is 0 Å². The minimum atomic E-state index is -0.301. The number of imidazole rings is 1. The zero-order valence-corrected chi connectivity index (χ0v) is 25.3. The highest BCUT2D eigenvalue weighted by atomic mass is 16.2. The van der Waals surface area contributed by atoms with E-state index in [1.54, 1.807) is 4.57 Å². The molecular weight excluding hydrogens is 552 g/mol. The highest BCUT2D eigenvalue weighted by molar-refractivity contribution is 5.80. The van der Waals surface area contributed by atoms with Gasteiger partial charge in [-0.2, -0.15) is 5.21 Å². The predicted octanol–water partition coefficient (Wildman–Crippen LogP) is 5.11. The Morgan fingerprint density at radius 3 is 2.20 bits per heavy atom. The highest BCUT2D eigenvalue weighted by Crippen LogP contribution is 2.30. The number of hydrogen-bond donors (Lipinski definition) is 1. The van der Waals surface area contributed by atoms with E-state index in [0.717, 1.165) is 40.1 Å². The fraction of sp³-hybridized carbons (Fsp3) is 0.294. The summed E-state index contributed by atoms with van der Waals surface area (Å²) in [6.45, 7) is 7.38. The molecule has 3 aromatic heterocycles. The first-order valence-electron chi connectivity index (χ1n) is 15.1. The highest BCUT2D eigenvalue weighted by Gasteiger charge is 2.22. The molecule has 0 radical (unpaired) electrons. The van der Waals surface area contributed by atoms with Gasteiger partial charge in [0.15, 0.2) is 11.2 Å². The Labute approximate surface area is 255 Å². The third-order valence-electron chi connectivity index (χ3n) is 7.80. The lowest BCUT2D eigenvalue weighted by Gasteiger charge is -2.15. The van der Waals surface area contributed by atoms with Crippen LogP contribution < -0.4 is 11.2 Å². The molecule has 0 spiro atoms. The fourth-order valence-corrected chi connectivity index (χ4v) is 5.71. The quantitative estimate of drug-likeness (QED) is 0.225. The Hall–Kier alpha value is -5.12. The minimum Gasteiger partial charge on any atom is -0.318 e. The number of rotatable bonds is 11. The normalized spacial score (nSPS) is 11.5. The number of hydrogen-bond acceptors (Lipinski definition) is 6. The van der Waals surface area contributed by atoms with Crippen LogP contribution in [0.1, 0.15) is 44.1 Å². The first-order valence-corrected chi connectivity index (χ1v) is 15.1. The number of nitrogens with zero attached hydrogens (tertiary/aromatic N) is 7. The van der Waals surface area contributed by atoms with Crippen molar-refractivity contribution in [3.8, 4) is 22.5 Å². The monoisotopic (exact) mass is 588 g/mol. The summed E-state index contributed by atoms with van der Waals surface area (Å²) in [7, 11) is 0. The molecule has 0 saturated heterocycles. The molecule has 6 aromatic rings. The van der Waals surface area contributed by atoms with E-state index in [0.29, 0.717) is 49.5 Å². The van der Waals surface area contributed by atoms with Gasteiger partial charge in [0.2, 0.25) is 5.82 Å². The summed E-state index contributed by atoms with van der Waals surface area (Å²) < 4.78 is 5.10. The van der Waals surface area contributed by atoms with Crippen LogP contribution in [0.4, 0.5) is 0 Å². The van der Waals surface area contributed by atoms with Crippen molar-refractivity contribution in [2.75, 3.05) is 0 Å². The van der Waals surface area contributed by atoms with Crippen molar-refractivity contribution >= 4 is 11.2 Å². The van der Waals surface area contributed by atoms with Gasteiger partial charge in [0.25, 0.3) is 5.56 Å². The fourth-order valence-electron chi connectivity index (χ4n) is 5.71. The molecule has 224 valence electrons. The van der Waals surface area contributed by atoms with E-state index in [2.05, 4.69) is 63.9 Å². The smallest absolute Gasteiger partial charge is 0.318 e. The summed E-state index contributed by atoms with van der Waals surface area (Å²) in [5, 5.41) is 14.6. The molecule has 1 N–H and O–H groups in total. The van der Waals surface area contributed by atoms with Crippen LogP contribution in [0.25, 0.3) is 33.7 Å². The number of benzene rings is 3. The van der Waals surface area contributed by atoms with Crippen LogP contribution in [-0.2, 0) is 32.5 Å². The molecule has 0 amide bonds. The summed E-state index contributed by atoms with van der Waals surface area (Å²) in [6.07, 6.45) is 2.23. The largest absolute Gasteiger partial charge is 0.332 e. The van der Waals surface area contributed by atoms with Crippen molar-refractivity contribution in [2.45, 2.75) is 59.7 Å². The molecule has 44 heavy (non-hydrogen) atoms. The first-order chi connectivity index (χ1) is 21.4. The Kier molecular flexibility index (Phi) is 8.31. The molecule has 0 aliphatic heterocycles. The number of aromatic amines is 1. The van der Waals surface area contributed by atoms with Crippen molar-refractivity contribution in [3.05, 3.63) is 117 Å². The maximum atomic E-state index is 14.0. The van der Waals surface area contributed by atoms with E-state index >= 15 is 0 Å². The lowest BCUT2D eigenvalue weighted by Crippen LogP contribution is -2.42. The molecule has 0 saturated carbocycles. The molecule has 6 rings (SSSR count). The van der Waals surface area contributed by atoms with Crippen molar-refractivity contribution in [2.24, 2.45) is 5.92 Å². The maximum Gasteiger partial charge on any atom is 0.332 e. The van der Waals surface area contributed by atoms with E-state index in [1.807, 2.05) is 60.9 Å². The van der Waals surface area contributed by atoms with Gasteiger partial charge in [-0.3, -0.25) is 13.9 Å². The summed E-state index contributed by atoms with van der Waals surface area (Å²) in [6, 6.07) is 26.3. The van der Waals surface area contributed by atoms with Crippen molar-refractivity contribution in [1.82, 2.24) is 39.3 Å². The number of tetrazole rings is 1. The summed E-state index contributed by atoms with van der Waals surface area (Å²) in [5.74, 6) is 1.48. The predicted molar refractivity (Wildman–Crippen MR) is 171 cm³/mol. The first kappa shape index (κ1) is 29.0. The molecule has 0 aliphatic carbocycles. The minimum absolute atomic E-state index is 0.134. The van der Waals surface area contributed by atoms with Gasteiger partial charge in [-0.1, -0.05) is 99.6 Å². The third-order valence-corrected chi connectivity index (χ3v) is 7.80. The van der Waals surface area contributed by atoms with Crippen LogP contribution in [0.15, 0.2) is 88.5 Å². The van der Waals surface area contributed by atoms with E-state index < -0.39 is 0 Å². The van der Waals surface area contributed by atoms with Gasteiger partial charge in [-0.15, -0.1) is 10.2 Å². The molecule has 3 aromatic carbocycles. The molecule has 0 fully saturated rings. The maximum absolute atomic E-state index is 14.0. The number of fused-ring (bicyclic) bond motifs is 1. The van der Waals surface area contributed by atoms with Gasteiger partial charge in [0.05, 0.1) is 0 Å². The Morgan fingerprint density at radius 2 is 1.52 bits per heavy atom. The van der Waals surface area contributed by atoms with Gasteiger partial charge >= 0.3 is 5.69 Å². The van der Waals surface area contributed by atoms with Crippen molar-refractivity contribution in [1.29, 1.82) is 0 Å². The third kappa shape index (κ3) is 5.75. The van der Waals surface area contributed by atoms with E-state index in [4.69, 9.17) is 4.98 Å². The van der Waals surface area contributed by atoms with Gasteiger partial charge in [-0.05, 0) is 46.2 Å². The van der Waals surface area contributed by atoms with Crippen LogP contribution in [0, 0.1) is 5.92 Å². The van der Waals surface area contributed by atoms with Crippen LogP contribution in [-0.4, -0.2) is 39.3 Å².